The standard InChI is InChI=1S/C21H31N3OSi/c1-16-23-15-20(24-16)19(18-11-9-17(14-22)10-12-18)8-7-13-25-26(5,6)21(2,3)4/h9-12,15,19H,7-8,13H2,1-6H3,(H,23,24). The number of rotatable bonds is 7. The summed E-state index contributed by atoms with van der Waals surface area (Å²) in [6.45, 7) is 14.2. The van der Waals surface area contributed by atoms with Gasteiger partial charge in [-0.15, -0.1) is 0 Å². The van der Waals surface area contributed by atoms with Gasteiger partial charge in [0.05, 0.1) is 11.6 Å². The molecule has 0 aliphatic carbocycles. The van der Waals surface area contributed by atoms with Gasteiger partial charge in [-0.1, -0.05) is 32.9 Å². The molecule has 1 aromatic carbocycles. The summed E-state index contributed by atoms with van der Waals surface area (Å²) in [6, 6.07) is 10.1. The third-order valence-corrected chi connectivity index (χ3v) is 9.98. The van der Waals surface area contributed by atoms with E-state index in [-0.39, 0.29) is 11.0 Å². The molecule has 0 aliphatic heterocycles. The van der Waals surface area contributed by atoms with Crippen molar-refractivity contribution < 1.29 is 4.43 Å². The fraction of sp³-hybridized carbons (Fsp3) is 0.524. The highest BCUT2D eigenvalue weighted by atomic mass is 28.4. The van der Waals surface area contributed by atoms with Crippen molar-refractivity contribution >= 4 is 8.32 Å². The van der Waals surface area contributed by atoms with Gasteiger partial charge in [0.2, 0.25) is 0 Å². The van der Waals surface area contributed by atoms with E-state index in [4.69, 9.17) is 9.69 Å². The monoisotopic (exact) mass is 369 g/mol. The van der Waals surface area contributed by atoms with Crippen LogP contribution in [0.1, 0.15) is 62.2 Å². The average molecular weight is 370 g/mol. The molecule has 2 aromatic rings. The number of H-pyrrole nitrogens is 1. The van der Waals surface area contributed by atoms with E-state index in [1.807, 2.05) is 37.4 Å². The largest absolute Gasteiger partial charge is 0.417 e. The molecule has 0 bridgehead atoms. The normalized spacial score (nSPS) is 13.4. The van der Waals surface area contributed by atoms with E-state index < -0.39 is 8.32 Å². The van der Waals surface area contributed by atoms with Crippen molar-refractivity contribution in [1.82, 2.24) is 9.97 Å². The number of aryl methyl sites for hydroxylation is 1. The van der Waals surface area contributed by atoms with Crippen LogP contribution in [-0.4, -0.2) is 24.9 Å². The molecule has 26 heavy (non-hydrogen) atoms. The molecule has 4 nitrogen and oxygen atoms in total. The first kappa shape index (κ1) is 20.4. The topological polar surface area (TPSA) is 61.7 Å². The third-order valence-electron chi connectivity index (χ3n) is 5.45. The highest BCUT2D eigenvalue weighted by Crippen LogP contribution is 2.37. The molecule has 1 aromatic heterocycles. The van der Waals surface area contributed by atoms with Crippen LogP contribution >= 0.6 is 0 Å². The molecule has 0 aliphatic rings. The Morgan fingerprint density at radius 1 is 1.23 bits per heavy atom. The second-order valence-corrected chi connectivity index (χ2v) is 13.3. The van der Waals surface area contributed by atoms with E-state index in [1.165, 1.54) is 5.56 Å². The molecule has 1 N–H and O–H groups in total. The maximum atomic E-state index is 9.02. The number of imidazole rings is 1. The predicted octanol–water partition coefficient (Wildman–Crippen LogP) is 5.52. The summed E-state index contributed by atoms with van der Waals surface area (Å²) >= 11 is 0. The summed E-state index contributed by atoms with van der Waals surface area (Å²) in [5.74, 6) is 1.17. The van der Waals surface area contributed by atoms with Crippen molar-refractivity contribution in [2.45, 2.75) is 64.6 Å². The van der Waals surface area contributed by atoms with Gasteiger partial charge in [-0.25, -0.2) is 4.98 Å². The van der Waals surface area contributed by atoms with E-state index in [9.17, 15) is 0 Å². The number of aromatic amines is 1. The Hall–Kier alpha value is -1.90. The number of nitrogens with one attached hydrogen (secondary N) is 1. The fourth-order valence-corrected chi connectivity index (χ4v) is 3.83. The van der Waals surface area contributed by atoms with Crippen LogP contribution in [0.4, 0.5) is 0 Å². The summed E-state index contributed by atoms with van der Waals surface area (Å²) in [7, 11) is -1.70. The lowest BCUT2D eigenvalue weighted by atomic mass is 9.91. The lowest BCUT2D eigenvalue weighted by Crippen LogP contribution is -2.41. The first-order valence-electron chi connectivity index (χ1n) is 9.29. The maximum Gasteiger partial charge on any atom is 0.191 e. The summed E-state index contributed by atoms with van der Waals surface area (Å²) in [5, 5.41) is 9.26. The minimum Gasteiger partial charge on any atom is -0.417 e. The van der Waals surface area contributed by atoms with Crippen LogP contribution in [0.3, 0.4) is 0 Å². The molecule has 0 amide bonds. The molecule has 0 saturated heterocycles. The number of hydrogen-bond donors (Lipinski definition) is 1. The summed E-state index contributed by atoms with van der Waals surface area (Å²) in [6.07, 6.45) is 3.91. The van der Waals surface area contributed by atoms with Crippen LogP contribution in [0.15, 0.2) is 30.5 Å². The van der Waals surface area contributed by atoms with Gasteiger partial charge >= 0.3 is 0 Å². The quantitative estimate of drug-likeness (QED) is 0.516. The van der Waals surface area contributed by atoms with Crippen molar-refractivity contribution in [3.05, 3.63) is 53.1 Å². The number of nitriles is 1. The van der Waals surface area contributed by atoms with E-state index >= 15 is 0 Å². The zero-order valence-electron chi connectivity index (χ0n) is 16.9. The highest BCUT2D eigenvalue weighted by molar-refractivity contribution is 6.74. The van der Waals surface area contributed by atoms with Gasteiger partial charge in [-0.05, 0) is 55.6 Å². The molecule has 0 radical (unpaired) electrons. The first-order valence-corrected chi connectivity index (χ1v) is 12.2. The Morgan fingerprint density at radius 3 is 2.38 bits per heavy atom. The molecular formula is C21H31N3OSi. The second-order valence-electron chi connectivity index (χ2n) is 8.46. The van der Waals surface area contributed by atoms with Crippen LogP contribution in [0, 0.1) is 18.3 Å². The molecule has 2 rings (SSSR count). The molecule has 5 heteroatoms. The van der Waals surface area contributed by atoms with Gasteiger partial charge < -0.3 is 9.41 Å². The molecule has 0 spiro atoms. The van der Waals surface area contributed by atoms with Crippen molar-refractivity contribution in [2.24, 2.45) is 0 Å². The molecule has 1 heterocycles. The number of hydrogen-bond acceptors (Lipinski definition) is 3. The average Bonchev–Trinajstić information content (AvgIpc) is 3.00. The maximum absolute atomic E-state index is 9.02. The Labute approximate surface area is 158 Å². The molecule has 1 unspecified atom stereocenters. The van der Waals surface area contributed by atoms with E-state index in [1.54, 1.807) is 0 Å². The van der Waals surface area contributed by atoms with E-state index in [0.717, 1.165) is 31.0 Å². The molecule has 0 saturated carbocycles. The van der Waals surface area contributed by atoms with Gasteiger partial charge in [0.15, 0.2) is 8.32 Å². The predicted molar refractivity (Wildman–Crippen MR) is 109 cm³/mol. The van der Waals surface area contributed by atoms with Crippen LogP contribution < -0.4 is 0 Å². The zero-order chi connectivity index (χ0) is 19.4. The van der Waals surface area contributed by atoms with Crippen molar-refractivity contribution in [2.75, 3.05) is 6.61 Å². The second kappa shape index (κ2) is 8.19. The lowest BCUT2D eigenvalue weighted by Gasteiger charge is -2.36. The summed E-state index contributed by atoms with van der Waals surface area (Å²) < 4.78 is 6.33. The molecule has 0 fully saturated rings. The van der Waals surface area contributed by atoms with Gasteiger partial charge in [0, 0.05) is 24.4 Å². The van der Waals surface area contributed by atoms with Gasteiger partial charge in [0.1, 0.15) is 5.82 Å². The molecule has 140 valence electrons. The number of nitrogens with zero attached hydrogens (tertiary/aromatic N) is 2. The van der Waals surface area contributed by atoms with Gasteiger partial charge in [-0.3, -0.25) is 0 Å². The van der Waals surface area contributed by atoms with Crippen LogP contribution in [0.2, 0.25) is 18.1 Å². The highest BCUT2D eigenvalue weighted by Gasteiger charge is 2.36. The van der Waals surface area contributed by atoms with Crippen LogP contribution in [0.25, 0.3) is 0 Å². The number of benzene rings is 1. The Morgan fingerprint density at radius 2 is 1.88 bits per heavy atom. The SMILES string of the molecule is Cc1ncc(C(CCCO[Si](C)(C)C(C)(C)C)c2ccc(C#N)cc2)[nH]1. The van der Waals surface area contributed by atoms with Crippen molar-refractivity contribution in [3.8, 4) is 6.07 Å². The molecule has 1 atom stereocenters. The molecular weight excluding hydrogens is 338 g/mol. The van der Waals surface area contributed by atoms with Crippen LogP contribution in [-0.2, 0) is 4.43 Å². The van der Waals surface area contributed by atoms with E-state index in [2.05, 4.69) is 49.9 Å². The first-order chi connectivity index (χ1) is 12.1. The Kier molecular flexibility index (Phi) is 6.43. The summed E-state index contributed by atoms with van der Waals surface area (Å²) in [4.78, 5) is 7.74. The summed E-state index contributed by atoms with van der Waals surface area (Å²) in [5.41, 5.74) is 3.02. The lowest BCUT2D eigenvalue weighted by molar-refractivity contribution is 0.276. The van der Waals surface area contributed by atoms with Gasteiger partial charge in [-0.2, -0.15) is 5.26 Å². The Balaban J connectivity index is 2.07. The minimum absolute atomic E-state index is 0.236. The fourth-order valence-electron chi connectivity index (χ4n) is 2.74. The zero-order valence-corrected chi connectivity index (χ0v) is 17.9. The van der Waals surface area contributed by atoms with Crippen molar-refractivity contribution in [1.29, 1.82) is 5.26 Å². The van der Waals surface area contributed by atoms with E-state index in [0.29, 0.717) is 5.56 Å². The van der Waals surface area contributed by atoms with Gasteiger partial charge in [0.25, 0.3) is 0 Å². The Bertz CT molecular complexity index is 751. The van der Waals surface area contributed by atoms with Crippen molar-refractivity contribution in [3.63, 3.8) is 0 Å². The smallest absolute Gasteiger partial charge is 0.191 e. The third kappa shape index (κ3) is 5.06. The number of aromatic nitrogens is 2. The minimum atomic E-state index is -1.70. The van der Waals surface area contributed by atoms with Crippen LogP contribution in [0.5, 0.6) is 0 Å².